The van der Waals surface area contributed by atoms with Crippen molar-refractivity contribution < 1.29 is 14.3 Å². The van der Waals surface area contributed by atoms with E-state index >= 15 is 0 Å². The molecule has 0 saturated carbocycles. The van der Waals surface area contributed by atoms with Crippen molar-refractivity contribution in [1.82, 2.24) is 4.98 Å². The van der Waals surface area contributed by atoms with E-state index < -0.39 is 5.97 Å². The standard InChI is InChI=1S/C22H19Cl3N2O3S/c1-12-7-13(2)21(19(25)8-12)27(14(3)28)22-26-15(11-31-22)10-30-20(29)9-16-17(23)5-4-6-18(16)24/h4-8,11H,9-10H2,1-3H3. The Kier molecular flexibility index (Phi) is 7.59. The zero-order chi connectivity index (χ0) is 22.7. The predicted octanol–water partition coefficient (Wildman–Crippen LogP) is 6.69. The molecule has 0 spiro atoms. The van der Waals surface area contributed by atoms with Gasteiger partial charge in [-0.05, 0) is 43.2 Å². The first-order valence-corrected chi connectivity index (χ1v) is 11.3. The number of nitrogens with zero attached hydrogens (tertiary/aromatic N) is 2. The third kappa shape index (κ3) is 5.57. The average molecular weight is 498 g/mol. The van der Waals surface area contributed by atoms with Gasteiger partial charge in [0.2, 0.25) is 5.91 Å². The molecule has 0 N–H and O–H groups in total. The quantitative estimate of drug-likeness (QED) is 0.356. The van der Waals surface area contributed by atoms with Crippen LogP contribution in [0.2, 0.25) is 15.1 Å². The van der Waals surface area contributed by atoms with Crippen LogP contribution in [0.15, 0.2) is 35.7 Å². The van der Waals surface area contributed by atoms with E-state index in [2.05, 4.69) is 4.98 Å². The molecular formula is C22H19Cl3N2O3S. The second kappa shape index (κ2) is 10.0. The van der Waals surface area contributed by atoms with Crippen molar-refractivity contribution in [2.75, 3.05) is 4.90 Å². The van der Waals surface area contributed by atoms with Crippen LogP contribution in [0.25, 0.3) is 0 Å². The van der Waals surface area contributed by atoms with Crippen LogP contribution in [0, 0.1) is 13.8 Å². The summed E-state index contributed by atoms with van der Waals surface area (Å²) in [6, 6.07) is 8.79. The van der Waals surface area contributed by atoms with Crippen molar-refractivity contribution in [2.45, 2.75) is 33.8 Å². The maximum Gasteiger partial charge on any atom is 0.310 e. The van der Waals surface area contributed by atoms with Crippen LogP contribution < -0.4 is 4.90 Å². The van der Waals surface area contributed by atoms with E-state index in [0.29, 0.717) is 37.1 Å². The van der Waals surface area contributed by atoms with Crippen LogP contribution in [0.1, 0.15) is 29.3 Å². The number of amides is 1. The number of benzene rings is 2. The Balaban J connectivity index is 1.74. The molecule has 1 amide bonds. The molecule has 5 nitrogen and oxygen atoms in total. The molecule has 0 aliphatic heterocycles. The first-order valence-electron chi connectivity index (χ1n) is 9.27. The summed E-state index contributed by atoms with van der Waals surface area (Å²) in [4.78, 5) is 30.6. The number of hydrogen-bond acceptors (Lipinski definition) is 5. The maximum absolute atomic E-state index is 12.4. The van der Waals surface area contributed by atoms with Crippen LogP contribution >= 0.6 is 46.1 Å². The van der Waals surface area contributed by atoms with Gasteiger partial charge in [-0.25, -0.2) is 4.98 Å². The Labute approximate surface area is 199 Å². The second-order valence-corrected chi connectivity index (χ2v) is 8.98. The minimum atomic E-state index is -0.481. The number of rotatable bonds is 6. The number of aryl methyl sites for hydroxylation is 2. The van der Waals surface area contributed by atoms with Gasteiger partial charge in [-0.1, -0.05) is 46.9 Å². The molecule has 0 unspecified atom stereocenters. The Morgan fingerprint density at radius 1 is 1.10 bits per heavy atom. The zero-order valence-corrected chi connectivity index (χ0v) is 20.1. The van der Waals surface area contributed by atoms with Gasteiger partial charge in [0.1, 0.15) is 6.61 Å². The van der Waals surface area contributed by atoms with Gasteiger partial charge in [-0.2, -0.15) is 0 Å². The third-order valence-electron chi connectivity index (χ3n) is 4.43. The smallest absolute Gasteiger partial charge is 0.310 e. The molecule has 1 heterocycles. The van der Waals surface area contributed by atoms with Crippen molar-refractivity contribution in [3.63, 3.8) is 0 Å². The molecule has 9 heteroatoms. The molecule has 0 aliphatic rings. The fraction of sp³-hybridized carbons (Fsp3) is 0.227. The van der Waals surface area contributed by atoms with Crippen LogP contribution in [0.5, 0.6) is 0 Å². The van der Waals surface area contributed by atoms with E-state index in [-0.39, 0.29) is 18.9 Å². The van der Waals surface area contributed by atoms with E-state index in [0.717, 1.165) is 11.1 Å². The molecule has 3 aromatic rings. The first-order chi connectivity index (χ1) is 14.7. The summed E-state index contributed by atoms with van der Waals surface area (Å²) in [5.41, 5.74) is 3.49. The number of esters is 1. The number of thiazole rings is 1. The number of anilines is 2. The fourth-order valence-electron chi connectivity index (χ4n) is 3.10. The number of carbonyl (C=O) groups is 2. The van der Waals surface area contributed by atoms with E-state index in [4.69, 9.17) is 39.5 Å². The number of halogens is 3. The highest BCUT2D eigenvalue weighted by molar-refractivity contribution is 7.14. The lowest BCUT2D eigenvalue weighted by atomic mass is 10.1. The monoisotopic (exact) mass is 496 g/mol. The number of aromatic nitrogens is 1. The lowest BCUT2D eigenvalue weighted by molar-refractivity contribution is -0.144. The third-order valence-corrected chi connectivity index (χ3v) is 6.30. The maximum atomic E-state index is 12.4. The van der Waals surface area contributed by atoms with Crippen LogP contribution in [-0.2, 0) is 27.4 Å². The van der Waals surface area contributed by atoms with Gasteiger partial charge in [0.05, 0.1) is 22.8 Å². The van der Waals surface area contributed by atoms with Gasteiger partial charge < -0.3 is 4.74 Å². The van der Waals surface area contributed by atoms with Crippen molar-refractivity contribution in [2.24, 2.45) is 0 Å². The Hall–Kier alpha value is -2.12. The van der Waals surface area contributed by atoms with Gasteiger partial charge in [0.25, 0.3) is 0 Å². The molecule has 162 valence electrons. The minimum Gasteiger partial charge on any atom is -0.459 e. The van der Waals surface area contributed by atoms with Crippen LogP contribution in [0.3, 0.4) is 0 Å². The number of carbonyl (C=O) groups excluding carboxylic acids is 2. The average Bonchev–Trinajstić information content (AvgIpc) is 3.14. The van der Waals surface area contributed by atoms with Gasteiger partial charge in [-0.15, -0.1) is 11.3 Å². The Morgan fingerprint density at radius 3 is 2.39 bits per heavy atom. The largest absolute Gasteiger partial charge is 0.459 e. The summed E-state index contributed by atoms with van der Waals surface area (Å²) in [5, 5.41) is 3.46. The molecule has 0 saturated heterocycles. The molecule has 1 aromatic heterocycles. The molecular weight excluding hydrogens is 479 g/mol. The van der Waals surface area contributed by atoms with Crippen molar-refractivity contribution in [3.8, 4) is 0 Å². The highest BCUT2D eigenvalue weighted by Crippen LogP contribution is 2.37. The van der Waals surface area contributed by atoms with E-state index in [9.17, 15) is 9.59 Å². The molecule has 0 bridgehead atoms. The van der Waals surface area contributed by atoms with Crippen molar-refractivity contribution >= 4 is 68.8 Å². The van der Waals surface area contributed by atoms with E-state index in [1.165, 1.54) is 23.2 Å². The zero-order valence-electron chi connectivity index (χ0n) is 17.0. The first kappa shape index (κ1) is 23.5. The molecule has 0 radical (unpaired) electrons. The van der Waals surface area contributed by atoms with Gasteiger partial charge in [0.15, 0.2) is 5.13 Å². The molecule has 0 fully saturated rings. The second-order valence-electron chi connectivity index (χ2n) is 6.93. The summed E-state index contributed by atoms with van der Waals surface area (Å²) >= 11 is 19.9. The molecule has 0 aliphatic carbocycles. The lowest BCUT2D eigenvalue weighted by Crippen LogP contribution is -2.24. The summed E-state index contributed by atoms with van der Waals surface area (Å²) in [6.07, 6.45) is -0.0484. The normalized spacial score (nSPS) is 10.8. The summed E-state index contributed by atoms with van der Waals surface area (Å²) < 4.78 is 5.32. The van der Waals surface area contributed by atoms with Gasteiger partial charge in [0, 0.05) is 27.9 Å². The van der Waals surface area contributed by atoms with E-state index in [1.54, 1.807) is 29.6 Å². The van der Waals surface area contributed by atoms with Gasteiger partial charge in [-0.3, -0.25) is 14.5 Å². The predicted molar refractivity (Wildman–Crippen MR) is 126 cm³/mol. The minimum absolute atomic E-state index is 0.0379. The molecule has 2 aromatic carbocycles. The summed E-state index contributed by atoms with van der Waals surface area (Å²) in [6.45, 7) is 5.24. The van der Waals surface area contributed by atoms with Crippen LogP contribution in [0.4, 0.5) is 10.8 Å². The lowest BCUT2D eigenvalue weighted by Gasteiger charge is -2.22. The number of hydrogen-bond donors (Lipinski definition) is 0. The topological polar surface area (TPSA) is 59.5 Å². The summed E-state index contributed by atoms with van der Waals surface area (Å²) in [7, 11) is 0. The molecule has 31 heavy (non-hydrogen) atoms. The van der Waals surface area contributed by atoms with E-state index in [1.807, 2.05) is 19.9 Å². The fourth-order valence-corrected chi connectivity index (χ4v) is 4.89. The van der Waals surface area contributed by atoms with Crippen molar-refractivity contribution in [1.29, 1.82) is 0 Å². The number of ether oxygens (including phenoxy) is 1. The molecule has 0 atom stereocenters. The van der Waals surface area contributed by atoms with Crippen molar-refractivity contribution in [3.05, 3.63) is 73.2 Å². The molecule has 3 rings (SSSR count). The Bertz CT molecular complexity index is 1100. The summed E-state index contributed by atoms with van der Waals surface area (Å²) in [5.74, 6) is -0.703. The van der Waals surface area contributed by atoms with Crippen LogP contribution in [-0.4, -0.2) is 16.9 Å². The highest BCUT2D eigenvalue weighted by Gasteiger charge is 2.23. The Morgan fingerprint density at radius 2 is 1.77 bits per heavy atom. The van der Waals surface area contributed by atoms with Gasteiger partial charge >= 0.3 is 5.97 Å². The SMILES string of the molecule is CC(=O)N(c1nc(COC(=O)Cc2c(Cl)cccc2Cl)cs1)c1c(C)cc(C)cc1Cl. The highest BCUT2D eigenvalue weighted by atomic mass is 35.5.